The van der Waals surface area contributed by atoms with Crippen LogP contribution in [0.4, 0.5) is 10.2 Å². The highest BCUT2D eigenvalue weighted by molar-refractivity contribution is 9.10. The number of halogens is 2. The van der Waals surface area contributed by atoms with Gasteiger partial charge in [0, 0.05) is 16.6 Å². The highest BCUT2D eigenvalue weighted by Gasteiger charge is 2.22. The Bertz CT molecular complexity index is 761. The first-order valence-corrected chi connectivity index (χ1v) is 8.09. The van der Waals surface area contributed by atoms with E-state index in [9.17, 15) is 14.0 Å². The molecule has 0 radical (unpaired) electrons. The van der Waals surface area contributed by atoms with Crippen LogP contribution in [0.2, 0.25) is 0 Å². The number of carbonyl (C=O) groups excluding carboxylic acids is 2. The van der Waals surface area contributed by atoms with Gasteiger partial charge >= 0.3 is 5.97 Å². The average Bonchev–Trinajstić information content (AvgIpc) is 2.97. The van der Waals surface area contributed by atoms with Crippen molar-refractivity contribution in [3.8, 4) is 0 Å². The standard InChI is InChI=1S/C16H17BrFN3O3/c1-9(2)21-14(6-7-19-21)20-15(22)10(3)24-16(23)12-8-11(18)4-5-13(12)17/h4-10H,1-3H3,(H,20,22)/t10-/m0/s1. The number of amides is 1. The van der Waals surface area contributed by atoms with Crippen LogP contribution in [0.25, 0.3) is 0 Å². The van der Waals surface area contributed by atoms with Crippen molar-refractivity contribution in [2.75, 3.05) is 5.32 Å². The zero-order valence-electron chi connectivity index (χ0n) is 13.4. The van der Waals surface area contributed by atoms with E-state index in [0.717, 1.165) is 6.07 Å². The summed E-state index contributed by atoms with van der Waals surface area (Å²) < 4.78 is 20.4. The fourth-order valence-electron chi connectivity index (χ4n) is 1.98. The van der Waals surface area contributed by atoms with Gasteiger partial charge in [0.15, 0.2) is 6.10 Å². The van der Waals surface area contributed by atoms with E-state index in [0.29, 0.717) is 10.3 Å². The molecule has 1 N–H and O–H groups in total. The molecule has 1 aromatic heterocycles. The number of esters is 1. The number of anilines is 1. The first-order valence-electron chi connectivity index (χ1n) is 7.30. The topological polar surface area (TPSA) is 73.2 Å². The fourth-order valence-corrected chi connectivity index (χ4v) is 2.39. The molecule has 2 aromatic rings. The van der Waals surface area contributed by atoms with E-state index >= 15 is 0 Å². The number of benzene rings is 1. The Balaban J connectivity index is 2.04. The molecule has 128 valence electrons. The predicted octanol–water partition coefficient (Wildman–Crippen LogP) is 3.55. The van der Waals surface area contributed by atoms with Crippen LogP contribution in [0.1, 0.15) is 37.2 Å². The molecule has 8 heteroatoms. The molecule has 0 saturated carbocycles. The van der Waals surface area contributed by atoms with Crippen LogP contribution in [0.15, 0.2) is 34.9 Å². The molecular weight excluding hydrogens is 381 g/mol. The molecule has 6 nitrogen and oxygen atoms in total. The molecule has 0 aliphatic heterocycles. The van der Waals surface area contributed by atoms with Gasteiger partial charge in [-0.1, -0.05) is 0 Å². The Morgan fingerprint density at radius 1 is 1.29 bits per heavy atom. The van der Waals surface area contributed by atoms with Crippen LogP contribution < -0.4 is 5.32 Å². The molecule has 1 heterocycles. The summed E-state index contributed by atoms with van der Waals surface area (Å²) in [7, 11) is 0. The molecule has 0 spiro atoms. The van der Waals surface area contributed by atoms with E-state index in [-0.39, 0.29) is 11.6 Å². The summed E-state index contributed by atoms with van der Waals surface area (Å²) in [6.07, 6.45) is 0.513. The Hall–Kier alpha value is -2.22. The predicted molar refractivity (Wildman–Crippen MR) is 90.2 cm³/mol. The fraction of sp³-hybridized carbons (Fsp3) is 0.312. The van der Waals surface area contributed by atoms with Gasteiger partial charge in [-0.25, -0.2) is 13.9 Å². The van der Waals surface area contributed by atoms with Crippen LogP contribution in [-0.2, 0) is 9.53 Å². The highest BCUT2D eigenvalue weighted by Crippen LogP contribution is 2.20. The molecule has 1 atom stereocenters. The van der Waals surface area contributed by atoms with Gasteiger partial charge in [-0.05, 0) is 54.9 Å². The van der Waals surface area contributed by atoms with Crippen molar-refractivity contribution in [3.05, 3.63) is 46.3 Å². The van der Waals surface area contributed by atoms with E-state index in [1.54, 1.807) is 16.9 Å². The third-order valence-corrected chi connectivity index (χ3v) is 3.90. The van der Waals surface area contributed by atoms with Crippen molar-refractivity contribution in [1.82, 2.24) is 9.78 Å². The molecule has 0 aliphatic rings. The number of ether oxygens (including phenoxy) is 1. The lowest BCUT2D eigenvalue weighted by Crippen LogP contribution is -2.31. The zero-order chi connectivity index (χ0) is 17.9. The summed E-state index contributed by atoms with van der Waals surface area (Å²) in [6.45, 7) is 5.29. The maximum absolute atomic E-state index is 13.3. The maximum Gasteiger partial charge on any atom is 0.340 e. The van der Waals surface area contributed by atoms with Crippen LogP contribution in [-0.4, -0.2) is 27.8 Å². The van der Waals surface area contributed by atoms with Gasteiger partial charge in [-0.15, -0.1) is 0 Å². The molecule has 24 heavy (non-hydrogen) atoms. The third kappa shape index (κ3) is 4.19. The summed E-state index contributed by atoms with van der Waals surface area (Å²) in [5, 5.41) is 6.76. The van der Waals surface area contributed by atoms with Crippen molar-refractivity contribution in [3.63, 3.8) is 0 Å². The van der Waals surface area contributed by atoms with Gasteiger partial charge in [0.05, 0.1) is 11.8 Å². The number of hydrogen-bond donors (Lipinski definition) is 1. The molecule has 0 aliphatic carbocycles. The molecule has 0 bridgehead atoms. The Kier molecular flexibility index (Phi) is 5.71. The lowest BCUT2D eigenvalue weighted by molar-refractivity contribution is -0.123. The number of hydrogen-bond acceptors (Lipinski definition) is 4. The number of nitrogens with one attached hydrogen (secondary N) is 1. The minimum absolute atomic E-state index is 0.0156. The van der Waals surface area contributed by atoms with Gasteiger partial charge in [0.2, 0.25) is 0 Å². The molecular formula is C16H17BrFN3O3. The van der Waals surface area contributed by atoms with Gasteiger partial charge in [0.25, 0.3) is 5.91 Å². The SMILES string of the molecule is CC(C)n1nccc1NC(=O)[C@H](C)OC(=O)c1cc(F)ccc1Br. The minimum atomic E-state index is -1.05. The van der Waals surface area contributed by atoms with Crippen molar-refractivity contribution < 1.29 is 18.7 Å². The quantitative estimate of drug-likeness (QED) is 0.782. The summed E-state index contributed by atoms with van der Waals surface area (Å²) in [4.78, 5) is 24.3. The summed E-state index contributed by atoms with van der Waals surface area (Å²) in [6, 6.07) is 5.37. The second kappa shape index (κ2) is 7.57. The Morgan fingerprint density at radius 3 is 2.67 bits per heavy atom. The van der Waals surface area contributed by atoms with Crippen molar-refractivity contribution in [1.29, 1.82) is 0 Å². The smallest absolute Gasteiger partial charge is 0.340 e. The molecule has 2 rings (SSSR count). The Labute approximate surface area is 147 Å². The number of rotatable bonds is 5. The number of nitrogens with zero attached hydrogens (tertiary/aromatic N) is 2. The monoisotopic (exact) mass is 397 g/mol. The molecule has 1 amide bonds. The van der Waals surface area contributed by atoms with E-state index in [1.165, 1.54) is 19.1 Å². The van der Waals surface area contributed by atoms with E-state index in [4.69, 9.17) is 4.74 Å². The third-order valence-electron chi connectivity index (χ3n) is 3.21. The molecule has 0 unspecified atom stereocenters. The Morgan fingerprint density at radius 2 is 2.00 bits per heavy atom. The van der Waals surface area contributed by atoms with Crippen LogP contribution in [0, 0.1) is 5.82 Å². The summed E-state index contributed by atoms with van der Waals surface area (Å²) >= 11 is 3.15. The first-order chi connectivity index (χ1) is 11.3. The molecule has 0 fully saturated rings. The largest absolute Gasteiger partial charge is 0.449 e. The van der Waals surface area contributed by atoms with E-state index < -0.39 is 23.8 Å². The second-order valence-electron chi connectivity index (χ2n) is 5.42. The highest BCUT2D eigenvalue weighted by atomic mass is 79.9. The summed E-state index contributed by atoms with van der Waals surface area (Å²) in [5.74, 6) is -1.35. The van der Waals surface area contributed by atoms with Crippen molar-refractivity contribution in [2.24, 2.45) is 0 Å². The van der Waals surface area contributed by atoms with Crippen molar-refractivity contribution in [2.45, 2.75) is 32.9 Å². The van der Waals surface area contributed by atoms with Crippen LogP contribution in [0.3, 0.4) is 0 Å². The lowest BCUT2D eigenvalue weighted by atomic mass is 10.2. The molecule has 1 aromatic carbocycles. The second-order valence-corrected chi connectivity index (χ2v) is 6.27. The van der Waals surface area contributed by atoms with Gasteiger partial charge < -0.3 is 10.1 Å². The maximum atomic E-state index is 13.3. The van der Waals surface area contributed by atoms with E-state index in [2.05, 4.69) is 26.3 Å². The minimum Gasteiger partial charge on any atom is -0.449 e. The zero-order valence-corrected chi connectivity index (χ0v) is 15.0. The van der Waals surface area contributed by atoms with Gasteiger partial charge in [0.1, 0.15) is 11.6 Å². The van der Waals surface area contributed by atoms with Crippen molar-refractivity contribution >= 4 is 33.6 Å². The number of aromatic nitrogens is 2. The van der Waals surface area contributed by atoms with Gasteiger partial charge in [-0.2, -0.15) is 5.10 Å². The molecule has 0 saturated heterocycles. The van der Waals surface area contributed by atoms with Gasteiger partial charge in [-0.3, -0.25) is 4.79 Å². The first kappa shape index (κ1) is 18.1. The average molecular weight is 398 g/mol. The van der Waals surface area contributed by atoms with Crippen LogP contribution in [0.5, 0.6) is 0 Å². The van der Waals surface area contributed by atoms with E-state index in [1.807, 2.05) is 13.8 Å². The normalized spacial score (nSPS) is 12.1. The van der Waals surface area contributed by atoms with Crippen LogP contribution >= 0.6 is 15.9 Å². The number of carbonyl (C=O) groups is 2. The lowest BCUT2D eigenvalue weighted by Gasteiger charge is -2.16. The summed E-state index contributed by atoms with van der Waals surface area (Å²) in [5.41, 5.74) is 0.0156.